The minimum atomic E-state index is -0.188. The fourth-order valence-electron chi connectivity index (χ4n) is 3.11. The number of piperidine rings is 1. The van der Waals surface area contributed by atoms with Crippen molar-refractivity contribution in [3.63, 3.8) is 0 Å². The summed E-state index contributed by atoms with van der Waals surface area (Å²) in [4.78, 5) is 21.7. The van der Waals surface area contributed by atoms with E-state index in [1.807, 2.05) is 18.0 Å². The summed E-state index contributed by atoms with van der Waals surface area (Å²) >= 11 is 0. The van der Waals surface area contributed by atoms with E-state index in [1.54, 1.807) is 6.33 Å². The summed E-state index contributed by atoms with van der Waals surface area (Å²) in [5.74, 6) is 0.676. The zero-order chi connectivity index (χ0) is 13.9. The zero-order valence-electron chi connectivity index (χ0n) is 12.7. The molecule has 8 heteroatoms. The summed E-state index contributed by atoms with van der Waals surface area (Å²) in [6, 6.07) is -0.188. The number of imidazole rings is 1. The minimum absolute atomic E-state index is 0. The predicted octanol–water partition coefficient (Wildman–Crippen LogP) is 1.34. The van der Waals surface area contributed by atoms with Crippen LogP contribution in [0.5, 0.6) is 0 Å². The SMILES string of the molecule is C[C@H]1OCCN[C@@H]1C(=O)N1CCC(c2cnc[nH]2)CC1.Cl.Cl. The molecule has 0 aliphatic carbocycles. The monoisotopic (exact) mass is 350 g/mol. The maximum Gasteiger partial charge on any atom is 0.242 e. The van der Waals surface area contributed by atoms with Crippen molar-refractivity contribution in [2.75, 3.05) is 26.2 Å². The molecule has 6 nitrogen and oxygen atoms in total. The minimum Gasteiger partial charge on any atom is -0.375 e. The molecule has 0 saturated carbocycles. The van der Waals surface area contributed by atoms with Gasteiger partial charge in [0, 0.05) is 37.4 Å². The van der Waals surface area contributed by atoms with E-state index in [1.165, 1.54) is 5.69 Å². The molecule has 126 valence electrons. The number of nitrogens with zero attached hydrogens (tertiary/aromatic N) is 2. The Bertz CT molecular complexity index is 450. The molecular formula is C14H24Cl2N4O2. The number of likely N-dealkylation sites (tertiary alicyclic amines) is 1. The summed E-state index contributed by atoms with van der Waals surface area (Å²) in [6.07, 6.45) is 5.56. The number of morpholine rings is 1. The molecule has 1 aromatic rings. The number of carbonyl (C=O) groups is 1. The summed E-state index contributed by atoms with van der Waals surface area (Å²) in [5.41, 5.74) is 1.18. The fraction of sp³-hybridized carbons (Fsp3) is 0.714. The van der Waals surface area contributed by atoms with Crippen LogP contribution < -0.4 is 5.32 Å². The van der Waals surface area contributed by atoms with Gasteiger partial charge in [-0.15, -0.1) is 24.8 Å². The van der Waals surface area contributed by atoms with Crippen LogP contribution in [0, 0.1) is 0 Å². The second kappa shape index (κ2) is 8.72. The van der Waals surface area contributed by atoms with Crippen LogP contribution in [0.1, 0.15) is 31.4 Å². The van der Waals surface area contributed by atoms with E-state index >= 15 is 0 Å². The van der Waals surface area contributed by atoms with Crippen molar-refractivity contribution in [3.05, 3.63) is 18.2 Å². The molecule has 0 bridgehead atoms. The lowest BCUT2D eigenvalue weighted by Crippen LogP contribution is -2.57. The van der Waals surface area contributed by atoms with Gasteiger partial charge in [-0.1, -0.05) is 0 Å². The Hall–Kier alpha value is -0.820. The van der Waals surface area contributed by atoms with E-state index < -0.39 is 0 Å². The highest BCUT2D eigenvalue weighted by atomic mass is 35.5. The van der Waals surface area contributed by atoms with Crippen molar-refractivity contribution < 1.29 is 9.53 Å². The Morgan fingerprint density at radius 2 is 2.09 bits per heavy atom. The largest absolute Gasteiger partial charge is 0.375 e. The second-order valence-electron chi connectivity index (χ2n) is 5.61. The molecule has 1 amide bonds. The molecule has 2 N–H and O–H groups in total. The number of halogens is 2. The number of aromatic amines is 1. The first kappa shape index (κ1) is 19.2. The third-order valence-electron chi connectivity index (χ3n) is 4.35. The number of aromatic nitrogens is 2. The standard InChI is InChI=1S/C14H22N4O2.2ClH/c1-10-13(16-4-7-20-10)14(19)18-5-2-11(3-6-18)12-8-15-9-17-12;;/h8-11,13,16H,2-7H2,1H3,(H,15,17);2*1H/t10-,13+;;/m1../s1. The average molecular weight is 351 g/mol. The number of hydrogen-bond donors (Lipinski definition) is 2. The normalized spacial score (nSPS) is 26.0. The molecule has 2 aliphatic heterocycles. The Kier molecular flexibility index (Phi) is 7.62. The van der Waals surface area contributed by atoms with Gasteiger partial charge in [-0.05, 0) is 19.8 Å². The molecule has 2 fully saturated rings. The smallest absolute Gasteiger partial charge is 0.242 e. The zero-order valence-corrected chi connectivity index (χ0v) is 14.3. The Morgan fingerprint density at radius 1 is 1.36 bits per heavy atom. The van der Waals surface area contributed by atoms with Crippen LogP contribution in [0.3, 0.4) is 0 Å². The van der Waals surface area contributed by atoms with Crippen LogP contribution in [-0.4, -0.2) is 59.2 Å². The summed E-state index contributed by atoms with van der Waals surface area (Å²) in [5, 5.41) is 3.27. The molecule has 3 rings (SSSR count). The topological polar surface area (TPSA) is 70.2 Å². The van der Waals surface area contributed by atoms with Gasteiger partial charge in [0.2, 0.25) is 5.91 Å². The van der Waals surface area contributed by atoms with E-state index in [4.69, 9.17) is 4.74 Å². The molecule has 0 radical (unpaired) electrons. The number of rotatable bonds is 2. The van der Waals surface area contributed by atoms with Crippen LogP contribution in [-0.2, 0) is 9.53 Å². The number of carbonyl (C=O) groups excluding carboxylic acids is 1. The fourth-order valence-corrected chi connectivity index (χ4v) is 3.11. The van der Waals surface area contributed by atoms with Gasteiger partial charge in [0.15, 0.2) is 0 Å². The second-order valence-corrected chi connectivity index (χ2v) is 5.61. The third-order valence-corrected chi connectivity index (χ3v) is 4.35. The molecule has 0 spiro atoms. The molecule has 2 aliphatic rings. The van der Waals surface area contributed by atoms with E-state index in [0.29, 0.717) is 12.5 Å². The number of ether oxygens (including phenoxy) is 1. The van der Waals surface area contributed by atoms with Crippen molar-refractivity contribution in [3.8, 4) is 0 Å². The average Bonchev–Trinajstić information content (AvgIpc) is 3.01. The van der Waals surface area contributed by atoms with Gasteiger partial charge in [0.05, 0.1) is 19.0 Å². The predicted molar refractivity (Wildman–Crippen MR) is 88.8 cm³/mol. The van der Waals surface area contributed by atoms with Crippen LogP contribution in [0.2, 0.25) is 0 Å². The molecule has 2 saturated heterocycles. The summed E-state index contributed by atoms with van der Waals surface area (Å²) in [6.45, 7) is 5.03. The molecule has 1 aromatic heterocycles. The quantitative estimate of drug-likeness (QED) is 0.844. The van der Waals surface area contributed by atoms with Crippen LogP contribution >= 0.6 is 24.8 Å². The summed E-state index contributed by atoms with van der Waals surface area (Å²) in [7, 11) is 0. The number of amides is 1. The van der Waals surface area contributed by atoms with Gasteiger partial charge < -0.3 is 19.9 Å². The summed E-state index contributed by atoms with van der Waals surface area (Å²) < 4.78 is 5.56. The molecule has 3 heterocycles. The number of hydrogen-bond acceptors (Lipinski definition) is 4. The van der Waals surface area contributed by atoms with Gasteiger partial charge >= 0.3 is 0 Å². The van der Waals surface area contributed by atoms with Gasteiger partial charge in [-0.2, -0.15) is 0 Å². The van der Waals surface area contributed by atoms with Crippen molar-refractivity contribution in [2.45, 2.75) is 37.8 Å². The number of nitrogens with one attached hydrogen (secondary N) is 2. The van der Waals surface area contributed by atoms with Gasteiger partial charge in [0.25, 0.3) is 0 Å². The van der Waals surface area contributed by atoms with Crippen LogP contribution in [0.25, 0.3) is 0 Å². The lowest BCUT2D eigenvalue weighted by molar-refractivity contribution is -0.140. The third kappa shape index (κ3) is 4.13. The van der Waals surface area contributed by atoms with Crippen molar-refractivity contribution >= 4 is 30.7 Å². The molecule has 2 atom stereocenters. The van der Waals surface area contributed by atoms with E-state index in [-0.39, 0.29) is 42.9 Å². The first-order valence-electron chi connectivity index (χ1n) is 7.38. The lowest BCUT2D eigenvalue weighted by Gasteiger charge is -2.37. The van der Waals surface area contributed by atoms with E-state index in [0.717, 1.165) is 32.5 Å². The first-order valence-corrected chi connectivity index (χ1v) is 7.38. The van der Waals surface area contributed by atoms with Gasteiger partial charge in [-0.25, -0.2) is 4.98 Å². The highest BCUT2D eigenvalue weighted by Crippen LogP contribution is 2.26. The van der Waals surface area contributed by atoms with Crippen molar-refractivity contribution in [2.24, 2.45) is 0 Å². The lowest BCUT2D eigenvalue weighted by atomic mass is 9.93. The van der Waals surface area contributed by atoms with Gasteiger partial charge in [-0.3, -0.25) is 4.79 Å². The Labute approximate surface area is 143 Å². The van der Waals surface area contributed by atoms with Crippen LogP contribution in [0.15, 0.2) is 12.5 Å². The van der Waals surface area contributed by atoms with Crippen molar-refractivity contribution in [1.29, 1.82) is 0 Å². The number of H-pyrrole nitrogens is 1. The van der Waals surface area contributed by atoms with E-state index in [9.17, 15) is 4.79 Å². The van der Waals surface area contributed by atoms with Crippen LogP contribution in [0.4, 0.5) is 0 Å². The van der Waals surface area contributed by atoms with Gasteiger partial charge in [0.1, 0.15) is 6.04 Å². The highest BCUT2D eigenvalue weighted by molar-refractivity contribution is 5.85. The molecule has 0 aromatic carbocycles. The molecule has 22 heavy (non-hydrogen) atoms. The molecular weight excluding hydrogens is 327 g/mol. The maximum absolute atomic E-state index is 12.5. The first-order chi connectivity index (χ1) is 9.75. The maximum atomic E-state index is 12.5. The Morgan fingerprint density at radius 3 is 2.68 bits per heavy atom. The Balaban J connectivity index is 0.00000121. The van der Waals surface area contributed by atoms with Crippen molar-refractivity contribution in [1.82, 2.24) is 20.2 Å². The molecule has 0 unspecified atom stereocenters. The highest BCUT2D eigenvalue weighted by Gasteiger charge is 2.33. The van der Waals surface area contributed by atoms with E-state index in [2.05, 4.69) is 15.3 Å².